The van der Waals surface area contributed by atoms with Crippen molar-refractivity contribution in [3.63, 3.8) is 0 Å². The number of nitrogens with one attached hydrogen (secondary N) is 1. The highest BCUT2D eigenvalue weighted by atomic mass is 35.5. The molecule has 0 aliphatic heterocycles. The van der Waals surface area contributed by atoms with Crippen molar-refractivity contribution in [2.75, 3.05) is 13.2 Å². The Morgan fingerprint density at radius 3 is 2.80 bits per heavy atom. The first-order valence-electron chi connectivity index (χ1n) is 6.25. The van der Waals surface area contributed by atoms with Crippen LogP contribution in [-0.2, 0) is 4.74 Å². The van der Waals surface area contributed by atoms with Crippen LogP contribution in [0.5, 0.6) is 0 Å². The minimum Gasteiger partial charge on any atom is -0.379 e. The molecule has 0 atom stereocenters. The van der Waals surface area contributed by atoms with E-state index in [1.807, 2.05) is 13.8 Å². The number of nitro benzene ring substituents is 1. The van der Waals surface area contributed by atoms with Gasteiger partial charge in [0.2, 0.25) is 0 Å². The Balaban J connectivity index is 2.55. The van der Waals surface area contributed by atoms with Crippen molar-refractivity contribution in [1.29, 1.82) is 0 Å². The van der Waals surface area contributed by atoms with Gasteiger partial charge < -0.3 is 10.1 Å². The van der Waals surface area contributed by atoms with Gasteiger partial charge in [-0.15, -0.1) is 0 Å². The summed E-state index contributed by atoms with van der Waals surface area (Å²) in [7, 11) is 0. The zero-order valence-corrected chi connectivity index (χ0v) is 12.1. The second-order valence-electron chi connectivity index (χ2n) is 4.45. The number of amides is 1. The quantitative estimate of drug-likeness (QED) is 0.477. The van der Waals surface area contributed by atoms with Gasteiger partial charge in [0.25, 0.3) is 11.6 Å². The summed E-state index contributed by atoms with van der Waals surface area (Å²) >= 11 is 5.87. The zero-order valence-electron chi connectivity index (χ0n) is 11.4. The fourth-order valence-corrected chi connectivity index (χ4v) is 1.69. The standard InChI is InChI=1S/C13H17ClN2O4/c1-9(2)20-7-3-6-15-13(17)11-8-10(16(18)19)4-5-12(11)14/h4-5,8-9H,3,6-7H2,1-2H3,(H,15,17). The van der Waals surface area contributed by atoms with Gasteiger partial charge in [-0.25, -0.2) is 0 Å². The summed E-state index contributed by atoms with van der Waals surface area (Å²) in [4.78, 5) is 22.0. The minimum atomic E-state index is -0.566. The normalized spacial score (nSPS) is 10.6. The number of hydrogen-bond donors (Lipinski definition) is 1. The number of ether oxygens (including phenoxy) is 1. The molecule has 0 aliphatic rings. The van der Waals surface area contributed by atoms with Crippen LogP contribution in [0.1, 0.15) is 30.6 Å². The fourth-order valence-electron chi connectivity index (χ4n) is 1.49. The molecule has 1 aromatic carbocycles. The molecule has 0 radical (unpaired) electrons. The largest absolute Gasteiger partial charge is 0.379 e. The van der Waals surface area contributed by atoms with Crippen LogP contribution in [0.4, 0.5) is 5.69 Å². The van der Waals surface area contributed by atoms with Crippen LogP contribution in [0.2, 0.25) is 5.02 Å². The molecular weight excluding hydrogens is 284 g/mol. The van der Waals surface area contributed by atoms with Gasteiger partial charge in [0.1, 0.15) is 0 Å². The van der Waals surface area contributed by atoms with E-state index in [1.54, 1.807) is 0 Å². The van der Waals surface area contributed by atoms with Gasteiger partial charge in [-0.1, -0.05) is 11.6 Å². The first-order valence-corrected chi connectivity index (χ1v) is 6.63. The number of halogens is 1. The number of carbonyl (C=O) groups is 1. The second kappa shape index (κ2) is 7.81. The number of hydrogen-bond acceptors (Lipinski definition) is 4. The maximum absolute atomic E-state index is 11.9. The van der Waals surface area contributed by atoms with Crippen LogP contribution in [0.25, 0.3) is 0 Å². The third-order valence-corrected chi connectivity index (χ3v) is 2.79. The first-order chi connectivity index (χ1) is 9.41. The number of benzene rings is 1. The topological polar surface area (TPSA) is 81.5 Å². The summed E-state index contributed by atoms with van der Waals surface area (Å²) < 4.78 is 5.34. The van der Waals surface area contributed by atoms with Gasteiger partial charge in [0.05, 0.1) is 21.6 Å². The zero-order chi connectivity index (χ0) is 15.1. The van der Waals surface area contributed by atoms with Crippen LogP contribution in [-0.4, -0.2) is 30.1 Å². The summed E-state index contributed by atoms with van der Waals surface area (Å²) in [6.45, 7) is 4.83. The lowest BCUT2D eigenvalue weighted by Crippen LogP contribution is -2.26. The average Bonchev–Trinajstić information content (AvgIpc) is 2.37. The maximum Gasteiger partial charge on any atom is 0.270 e. The van der Waals surface area contributed by atoms with E-state index in [9.17, 15) is 14.9 Å². The molecule has 0 saturated carbocycles. The van der Waals surface area contributed by atoms with Gasteiger partial charge in [-0.3, -0.25) is 14.9 Å². The molecule has 1 N–H and O–H groups in total. The Morgan fingerprint density at radius 2 is 2.20 bits per heavy atom. The molecule has 1 rings (SSSR count). The van der Waals surface area contributed by atoms with Gasteiger partial charge in [0, 0.05) is 25.3 Å². The van der Waals surface area contributed by atoms with Crippen molar-refractivity contribution < 1.29 is 14.5 Å². The molecule has 0 unspecified atom stereocenters. The molecule has 1 aromatic rings. The Kier molecular flexibility index (Phi) is 6.41. The van der Waals surface area contributed by atoms with E-state index in [4.69, 9.17) is 16.3 Å². The number of non-ortho nitro benzene ring substituents is 1. The molecule has 0 aromatic heterocycles. The van der Waals surface area contributed by atoms with E-state index in [0.717, 1.165) is 0 Å². The smallest absolute Gasteiger partial charge is 0.270 e. The molecule has 7 heteroatoms. The fraction of sp³-hybridized carbons (Fsp3) is 0.462. The molecule has 110 valence electrons. The number of carbonyl (C=O) groups excluding carboxylic acids is 1. The van der Waals surface area contributed by atoms with E-state index in [0.29, 0.717) is 19.6 Å². The van der Waals surface area contributed by atoms with Gasteiger partial charge in [-0.05, 0) is 26.3 Å². The number of rotatable bonds is 7. The summed E-state index contributed by atoms with van der Waals surface area (Å²) in [5.41, 5.74) is -0.0617. The Morgan fingerprint density at radius 1 is 1.50 bits per heavy atom. The maximum atomic E-state index is 11.9. The molecule has 0 saturated heterocycles. The third kappa shape index (κ3) is 5.14. The van der Waals surface area contributed by atoms with Crippen molar-refractivity contribution in [2.24, 2.45) is 0 Å². The Labute approximate surface area is 122 Å². The first kappa shape index (κ1) is 16.4. The third-order valence-electron chi connectivity index (χ3n) is 2.46. The summed E-state index contributed by atoms with van der Waals surface area (Å²) in [5.74, 6) is -0.428. The lowest BCUT2D eigenvalue weighted by molar-refractivity contribution is -0.384. The van der Waals surface area contributed by atoms with Crippen LogP contribution >= 0.6 is 11.6 Å². The lowest BCUT2D eigenvalue weighted by atomic mass is 10.2. The van der Waals surface area contributed by atoms with Crippen molar-refractivity contribution >= 4 is 23.2 Å². The predicted octanol–water partition coefficient (Wildman–Crippen LogP) is 2.79. The number of nitro groups is 1. The molecule has 20 heavy (non-hydrogen) atoms. The van der Waals surface area contributed by atoms with Crippen LogP contribution in [0.15, 0.2) is 18.2 Å². The summed E-state index contributed by atoms with van der Waals surface area (Å²) in [6.07, 6.45) is 0.813. The van der Waals surface area contributed by atoms with Crippen molar-refractivity contribution in [1.82, 2.24) is 5.32 Å². The molecule has 0 fully saturated rings. The molecule has 0 heterocycles. The highest BCUT2D eigenvalue weighted by Gasteiger charge is 2.15. The van der Waals surface area contributed by atoms with Crippen LogP contribution < -0.4 is 5.32 Å². The van der Waals surface area contributed by atoms with E-state index in [1.165, 1.54) is 18.2 Å². The highest BCUT2D eigenvalue weighted by Crippen LogP contribution is 2.21. The van der Waals surface area contributed by atoms with E-state index >= 15 is 0 Å². The van der Waals surface area contributed by atoms with Crippen LogP contribution in [0.3, 0.4) is 0 Å². The van der Waals surface area contributed by atoms with E-state index < -0.39 is 10.8 Å². The SMILES string of the molecule is CC(C)OCCCNC(=O)c1cc([N+](=O)[O-])ccc1Cl. The Hall–Kier alpha value is -1.66. The van der Waals surface area contributed by atoms with Crippen molar-refractivity contribution in [3.8, 4) is 0 Å². The van der Waals surface area contributed by atoms with E-state index in [2.05, 4.69) is 5.32 Å². The van der Waals surface area contributed by atoms with Gasteiger partial charge in [0.15, 0.2) is 0 Å². The molecular formula is C13H17ClN2O4. The Bertz CT molecular complexity index is 491. The molecule has 1 amide bonds. The molecule has 0 aliphatic carbocycles. The van der Waals surface area contributed by atoms with E-state index in [-0.39, 0.29) is 22.4 Å². The average molecular weight is 301 g/mol. The summed E-state index contributed by atoms with van der Waals surface area (Å²) in [5, 5.41) is 13.5. The number of nitrogens with zero attached hydrogens (tertiary/aromatic N) is 1. The predicted molar refractivity (Wildman–Crippen MR) is 76.1 cm³/mol. The molecule has 0 spiro atoms. The molecule has 6 nitrogen and oxygen atoms in total. The second-order valence-corrected chi connectivity index (χ2v) is 4.86. The van der Waals surface area contributed by atoms with Crippen LogP contribution in [0, 0.1) is 10.1 Å². The van der Waals surface area contributed by atoms with Gasteiger partial charge >= 0.3 is 0 Å². The monoisotopic (exact) mass is 300 g/mol. The van der Waals surface area contributed by atoms with Crippen molar-refractivity contribution in [2.45, 2.75) is 26.4 Å². The lowest BCUT2D eigenvalue weighted by Gasteiger charge is -2.09. The van der Waals surface area contributed by atoms with Crippen molar-refractivity contribution in [3.05, 3.63) is 38.9 Å². The highest BCUT2D eigenvalue weighted by molar-refractivity contribution is 6.33. The molecule has 0 bridgehead atoms. The summed E-state index contributed by atoms with van der Waals surface area (Å²) in [6, 6.07) is 3.77. The van der Waals surface area contributed by atoms with Gasteiger partial charge in [-0.2, -0.15) is 0 Å². The minimum absolute atomic E-state index is 0.102.